The van der Waals surface area contributed by atoms with Crippen molar-refractivity contribution in [1.29, 1.82) is 0 Å². The van der Waals surface area contributed by atoms with Crippen molar-refractivity contribution in [2.24, 2.45) is 0 Å². The lowest BCUT2D eigenvalue weighted by atomic mass is 10.1. The summed E-state index contributed by atoms with van der Waals surface area (Å²) in [5, 5.41) is 0.0518. The molecule has 0 radical (unpaired) electrons. The average molecular weight is 434 g/mol. The van der Waals surface area contributed by atoms with Crippen molar-refractivity contribution < 1.29 is 26.9 Å². The number of nitrogens with one attached hydrogen (secondary N) is 1. The van der Waals surface area contributed by atoms with Crippen LogP contribution in [-0.2, 0) is 20.5 Å². The van der Waals surface area contributed by atoms with Gasteiger partial charge in [-0.3, -0.25) is 4.39 Å². The minimum Gasteiger partial charge on any atom is -0.598 e. The summed E-state index contributed by atoms with van der Waals surface area (Å²) in [4.78, 5) is 0. The maximum absolute atomic E-state index is 14.4. The number of rotatable bonds is 12. The standard InChI is InChI=1S/C18H38F3NO3SSi/c1-16(2,3)26(23)22-15(11-9-12-19)18(20,21)24-13-10-14-25-27(7,8)17(4,5)6/h15,22H,9-14H2,1-8H3. The SMILES string of the molecule is CC(C)(C)[S+]([O-])NC(CCCF)C(F)(F)OCCCO[Si](C)(C)C(C)(C)C. The molecule has 27 heavy (non-hydrogen) atoms. The highest BCUT2D eigenvalue weighted by molar-refractivity contribution is 7.90. The van der Waals surface area contributed by atoms with Crippen LogP contribution in [-0.4, -0.2) is 49.7 Å². The normalized spacial score (nSPS) is 16.4. The zero-order valence-electron chi connectivity index (χ0n) is 18.1. The van der Waals surface area contributed by atoms with Crippen molar-refractivity contribution in [2.75, 3.05) is 19.9 Å². The molecule has 2 unspecified atom stereocenters. The topological polar surface area (TPSA) is 53.5 Å². The van der Waals surface area contributed by atoms with Gasteiger partial charge in [-0.25, -0.2) is 0 Å². The molecule has 2 atom stereocenters. The Balaban J connectivity index is 4.63. The van der Waals surface area contributed by atoms with Crippen LogP contribution in [0.1, 0.15) is 60.8 Å². The molecule has 1 N–H and O–H groups in total. The van der Waals surface area contributed by atoms with E-state index < -0.39 is 43.3 Å². The van der Waals surface area contributed by atoms with Gasteiger partial charge in [-0.1, -0.05) is 20.8 Å². The van der Waals surface area contributed by atoms with Crippen LogP contribution in [0.25, 0.3) is 0 Å². The quantitative estimate of drug-likeness (QED) is 0.262. The van der Waals surface area contributed by atoms with Gasteiger partial charge in [0.25, 0.3) is 0 Å². The van der Waals surface area contributed by atoms with Gasteiger partial charge in [0, 0.05) is 18.0 Å². The smallest absolute Gasteiger partial charge is 0.375 e. The lowest BCUT2D eigenvalue weighted by Crippen LogP contribution is -2.53. The van der Waals surface area contributed by atoms with Crippen LogP contribution >= 0.6 is 0 Å². The molecular formula is C18H38F3NO3SSi. The number of alkyl halides is 3. The van der Waals surface area contributed by atoms with Crippen LogP contribution in [0.3, 0.4) is 0 Å². The van der Waals surface area contributed by atoms with Gasteiger partial charge >= 0.3 is 6.11 Å². The fourth-order valence-electron chi connectivity index (χ4n) is 1.79. The molecule has 0 bridgehead atoms. The Morgan fingerprint density at radius 3 is 2.04 bits per heavy atom. The minimum absolute atomic E-state index is 0.0492. The summed E-state index contributed by atoms with van der Waals surface area (Å²) in [5.41, 5.74) is 0. The van der Waals surface area contributed by atoms with Gasteiger partial charge in [-0.15, -0.1) is 4.72 Å². The zero-order valence-corrected chi connectivity index (χ0v) is 19.9. The van der Waals surface area contributed by atoms with Gasteiger partial charge in [-0.05, 0) is 58.2 Å². The monoisotopic (exact) mass is 433 g/mol. The van der Waals surface area contributed by atoms with E-state index in [0.717, 1.165) is 0 Å². The highest BCUT2D eigenvalue weighted by Gasteiger charge is 2.45. The average Bonchev–Trinajstić information content (AvgIpc) is 2.48. The summed E-state index contributed by atoms with van der Waals surface area (Å²) in [7, 11) is -1.92. The Kier molecular flexibility index (Phi) is 10.9. The van der Waals surface area contributed by atoms with Crippen LogP contribution in [0.2, 0.25) is 18.1 Å². The van der Waals surface area contributed by atoms with Gasteiger partial charge in [0.2, 0.25) is 0 Å². The molecule has 0 aromatic rings. The van der Waals surface area contributed by atoms with Crippen LogP contribution in [0, 0.1) is 0 Å². The molecule has 0 aliphatic rings. The molecule has 164 valence electrons. The van der Waals surface area contributed by atoms with Crippen molar-refractivity contribution in [3.63, 3.8) is 0 Å². The Labute approximate surface area is 167 Å². The summed E-state index contributed by atoms with van der Waals surface area (Å²) in [5.74, 6) is 0. The van der Waals surface area contributed by atoms with Gasteiger partial charge in [-0.2, -0.15) is 8.78 Å². The second-order valence-electron chi connectivity index (χ2n) is 9.26. The molecule has 0 fully saturated rings. The molecular weight excluding hydrogens is 395 g/mol. The molecule has 0 saturated carbocycles. The van der Waals surface area contributed by atoms with E-state index in [-0.39, 0.29) is 24.5 Å². The maximum atomic E-state index is 14.4. The first-order valence-corrected chi connectivity index (χ1v) is 13.5. The van der Waals surface area contributed by atoms with Crippen molar-refractivity contribution in [1.82, 2.24) is 4.72 Å². The van der Waals surface area contributed by atoms with Crippen LogP contribution < -0.4 is 4.72 Å². The van der Waals surface area contributed by atoms with Crippen LogP contribution in [0.5, 0.6) is 0 Å². The van der Waals surface area contributed by atoms with Crippen LogP contribution in [0.15, 0.2) is 0 Å². The van der Waals surface area contributed by atoms with Gasteiger partial charge < -0.3 is 13.7 Å². The van der Waals surface area contributed by atoms with Crippen molar-refractivity contribution >= 4 is 19.7 Å². The molecule has 0 rings (SSSR count). The number of halogens is 3. The molecule has 0 amide bonds. The van der Waals surface area contributed by atoms with E-state index in [1.807, 2.05) is 0 Å². The Bertz CT molecular complexity index is 429. The molecule has 0 aliphatic heterocycles. The number of hydrogen-bond acceptors (Lipinski definition) is 4. The Hall–Kier alpha value is 0.197. The fourth-order valence-corrected chi connectivity index (χ4v) is 3.75. The second-order valence-corrected chi connectivity index (χ2v) is 16.1. The summed E-state index contributed by atoms with van der Waals surface area (Å²) in [6.07, 6.45) is -3.41. The first kappa shape index (κ1) is 27.2. The lowest BCUT2D eigenvalue weighted by Gasteiger charge is -2.36. The first-order chi connectivity index (χ1) is 12.0. The highest BCUT2D eigenvalue weighted by atomic mass is 32.2. The van der Waals surface area contributed by atoms with E-state index in [4.69, 9.17) is 9.16 Å². The lowest BCUT2D eigenvalue weighted by molar-refractivity contribution is -0.255. The van der Waals surface area contributed by atoms with Gasteiger partial charge in [0.1, 0.15) is 10.8 Å². The molecule has 0 heterocycles. The van der Waals surface area contributed by atoms with Crippen LogP contribution in [0.4, 0.5) is 13.2 Å². The van der Waals surface area contributed by atoms with Gasteiger partial charge in [0.15, 0.2) is 8.32 Å². The molecule has 0 aromatic heterocycles. The molecule has 0 spiro atoms. The number of hydrogen-bond donors (Lipinski definition) is 1. The zero-order chi connectivity index (χ0) is 21.5. The van der Waals surface area contributed by atoms with E-state index in [2.05, 4.69) is 38.6 Å². The molecule has 0 aliphatic carbocycles. The molecule has 4 nitrogen and oxygen atoms in total. The largest absolute Gasteiger partial charge is 0.598 e. The minimum atomic E-state index is -3.53. The predicted molar refractivity (Wildman–Crippen MR) is 109 cm³/mol. The van der Waals surface area contributed by atoms with Gasteiger partial charge in [0.05, 0.1) is 13.3 Å². The van der Waals surface area contributed by atoms with E-state index >= 15 is 0 Å². The molecule has 0 aromatic carbocycles. The second kappa shape index (κ2) is 10.8. The van der Waals surface area contributed by atoms with E-state index in [0.29, 0.717) is 13.0 Å². The Morgan fingerprint density at radius 2 is 1.59 bits per heavy atom. The Morgan fingerprint density at radius 1 is 1.04 bits per heavy atom. The summed E-state index contributed by atoms with van der Waals surface area (Å²) < 4.78 is 66.0. The fraction of sp³-hybridized carbons (Fsp3) is 1.00. The van der Waals surface area contributed by atoms with Crippen molar-refractivity contribution in [2.45, 2.75) is 95.8 Å². The van der Waals surface area contributed by atoms with E-state index in [1.54, 1.807) is 20.8 Å². The predicted octanol–water partition coefficient (Wildman–Crippen LogP) is 5.18. The third-order valence-corrected chi connectivity index (χ3v) is 10.8. The van der Waals surface area contributed by atoms with Crippen molar-refractivity contribution in [3.05, 3.63) is 0 Å². The van der Waals surface area contributed by atoms with E-state index in [1.165, 1.54) is 0 Å². The third-order valence-electron chi connectivity index (χ3n) is 4.69. The first-order valence-electron chi connectivity index (χ1n) is 9.44. The number of ether oxygens (including phenoxy) is 1. The highest BCUT2D eigenvalue weighted by Crippen LogP contribution is 2.36. The molecule has 0 saturated heterocycles. The summed E-state index contributed by atoms with van der Waals surface area (Å²) in [6.45, 7) is 15.0. The summed E-state index contributed by atoms with van der Waals surface area (Å²) >= 11 is -1.70. The van der Waals surface area contributed by atoms with E-state index in [9.17, 15) is 17.7 Å². The summed E-state index contributed by atoms with van der Waals surface area (Å²) in [6, 6.07) is -1.50. The maximum Gasteiger partial charge on any atom is 0.375 e. The van der Waals surface area contributed by atoms with Crippen molar-refractivity contribution in [3.8, 4) is 0 Å². The third kappa shape index (κ3) is 9.98. The molecule has 9 heteroatoms.